The van der Waals surface area contributed by atoms with Crippen molar-refractivity contribution in [2.24, 2.45) is 0 Å². The molecule has 8 heteroatoms. The number of urea groups is 1. The monoisotopic (exact) mass is 355 g/mol. The van der Waals surface area contributed by atoms with E-state index in [0.717, 1.165) is 28.2 Å². The number of nitrogens with one attached hydrogen (secondary N) is 3. The summed E-state index contributed by atoms with van der Waals surface area (Å²) in [6.45, 7) is 1.41. The van der Waals surface area contributed by atoms with E-state index in [1.807, 2.05) is 40.4 Å². The lowest BCUT2D eigenvalue weighted by molar-refractivity contribution is 0.0946. The van der Waals surface area contributed by atoms with Crippen molar-refractivity contribution in [2.75, 3.05) is 6.54 Å². The SMILES string of the molecule is O=C(NCc1ccc2c(c1)C(=O)NCC2)NCc1cn2ccsc2n1. The lowest BCUT2D eigenvalue weighted by Crippen LogP contribution is -2.35. The van der Waals surface area contributed by atoms with Gasteiger partial charge in [0, 0.05) is 36.4 Å². The molecule has 0 saturated carbocycles. The van der Waals surface area contributed by atoms with E-state index >= 15 is 0 Å². The normalized spacial score (nSPS) is 13.4. The Bertz CT molecular complexity index is 917. The van der Waals surface area contributed by atoms with Gasteiger partial charge in [-0.3, -0.25) is 9.20 Å². The number of aromatic nitrogens is 2. The standard InChI is InChI=1S/C17H17N5O2S/c23-15-14-7-11(1-2-12(14)3-4-18-15)8-19-16(24)20-9-13-10-22-5-6-25-17(22)21-13/h1-2,5-7,10H,3-4,8-9H2,(H,18,23)(H2,19,20,24). The second kappa shape index (κ2) is 6.56. The molecule has 1 aliphatic rings. The molecule has 3 aromatic rings. The van der Waals surface area contributed by atoms with Gasteiger partial charge in [-0.1, -0.05) is 12.1 Å². The third-order valence-electron chi connectivity index (χ3n) is 4.13. The Balaban J connectivity index is 1.32. The third-order valence-corrected chi connectivity index (χ3v) is 4.90. The van der Waals surface area contributed by atoms with E-state index in [-0.39, 0.29) is 11.9 Å². The van der Waals surface area contributed by atoms with Crippen LogP contribution in [0.25, 0.3) is 4.96 Å². The zero-order chi connectivity index (χ0) is 17.2. The minimum Gasteiger partial charge on any atom is -0.352 e. The lowest BCUT2D eigenvalue weighted by atomic mass is 9.98. The highest BCUT2D eigenvalue weighted by molar-refractivity contribution is 7.15. The summed E-state index contributed by atoms with van der Waals surface area (Å²) >= 11 is 1.55. The van der Waals surface area contributed by atoms with Gasteiger partial charge < -0.3 is 16.0 Å². The van der Waals surface area contributed by atoms with Gasteiger partial charge in [0.1, 0.15) is 0 Å². The van der Waals surface area contributed by atoms with Crippen molar-refractivity contribution < 1.29 is 9.59 Å². The molecule has 1 aliphatic heterocycles. The molecule has 0 radical (unpaired) electrons. The van der Waals surface area contributed by atoms with Crippen LogP contribution < -0.4 is 16.0 Å². The van der Waals surface area contributed by atoms with Crippen LogP contribution in [0, 0.1) is 0 Å². The molecule has 0 fully saturated rings. The molecule has 0 spiro atoms. The Hall–Kier alpha value is -2.87. The fourth-order valence-electron chi connectivity index (χ4n) is 2.85. The van der Waals surface area contributed by atoms with Gasteiger partial charge in [-0.05, 0) is 23.6 Å². The molecule has 4 rings (SSSR count). The maximum absolute atomic E-state index is 12.0. The molecule has 3 heterocycles. The molecule has 0 unspecified atom stereocenters. The average Bonchev–Trinajstić information content (AvgIpc) is 3.20. The van der Waals surface area contributed by atoms with Crippen molar-refractivity contribution in [3.63, 3.8) is 0 Å². The average molecular weight is 355 g/mol. The van der Waals surface area contributed by atoms with Gasteiger partial charge in [-0.25, -0.2) is 9.78 Å². The third kappa shape index (κ3) is 3.34. The first-order valence-corrected chi connectivity index (χ1v) is 8.90. The van der Waals surface area contributed by atoms with Crippen LogP contribution in [-0.4, -0.2) is 27.9 Å². The van der Waals surface area contributed by atoms with Gasteiger partial charge in [0.05, 0.1) is 12.2 Å². The Kier molecular flexibility index (Phi) is 4.10. The number of nitrogens with zero attached hydrogens (tertiary/aromatic N) is 2. The molecular weight excluding hydrogens is 338 g/mol. The molecule has 0 bridgehead atoms. The summed E-state index contributed by atoms with van der Waals surface area (Å²) in [6.07, 6.45) is 4.67. The second-order valence-electron chi connectivity index (χ2n) is 5.86. The first kappa shape index (κ1) is 15.6. The Labute approximate surface area is 148 Å². The van der Waals surface area contributed by atoms with Gasteiger partial charge in [0.25, 0.3) is 5.91 Å². The van der Waals surface area contributed by atoms with Gasteiger partial charge in [0.2, 0.25) is 0 Å². The molecule has 25 heavy (non-hydrogen) atoms. The Morgan fingerprint density at radius 2 is 2.20 bits per heavy atom. The van der Waals surface area contributed by atoms with Crippen molar-refractivity contribution in [3.05, 3.63) is 58.4 Å². The summed E-state index contributed by atoms with van der Waals surface area (Å²) in [6, 6.07) is 5.48. The number of carbonyl (C=O) groups excluding carboxylic acids is 2. The summed E-state index contributed by atoms with van der Waals surface area (Å²) in [4.78, 5) is 29.2. The van der Waals surface area contributed by atoms with Crippen molar-refractivity contribution in [1.29, 1.82) is 0 Å². The van der Waals surface area contributed by atoms with Gasteiger partial charge in [0.15, 0.2) is 4.96 Å². The highest BCUT2D eigenvalue weighted by Gasteiger charge is 2.16. The Morgan fingerprint density at radius 1 is 1.32 bits per heavy atom. The van der Waals surface area contributed by atoms with Crippen LogP contribution in [0.2, 0.25) is 0 Å². The first-order valence-electron chi connectivity index (χ1n) is 8.02. The number of fused-ring (bicyclic) bond motifs is 2. The zero-order valence-corrected chi connectivity index (χ0v) is 14.2. The van der Waals surface area contributed by atoms with E-state index in [0.29, 0.717) is 25.2 Å². The number of carbonyl (C=O) groups is 2. The largest absolute Gasteiger partial charge is 0.352 e. The molecule has 3 amide bonds. The molecule has 7 nitrogen and oxygen atoms in total. The molecule has 0 saturated heterocycles. The van der Waals surface area contributed by atoms with Crippen molar-refractivity contribution >= 4 is 28.2 Å². The second-order valence-corrected chi connectivity index (χ2v) is 6.73. The number of rotatable bonds is 4. The fraction of sp³-hybridized carbons (Fsp3) is 0.235. The van der Waals surface area contributed by atoms with Gasteiger partial charge in [-0.2, -0.15) is 0 Å². The molecule has 0 atom stereocenters. The van der Waals surface area contributed by atoms with E-state index in [9.17, 15) is 9.59 Å². The first-order chi connectivity index (χ1) is 12.2. The summed E-state index contributed by atoms with van der Waals surface area (Å²) in [5, 5.41) is 10.4. The van der Waals surface area contributed by atoms with E-state index in [1.165, 1.54) is 0 Å². The summed E-state index contributed by atoms with van der Waals surface area (Å²) in [5.74, 6) is -0.0488. The predicted octanol–water partition coefficient (Wildman–Crippen LogP) is 1.68. The van der Waals surface area contributed by atoms with E-state index in [2.05, 4.69) is 20.9 Å². The van der Waals surface area contributed by atoms with Gasteiger partial charge >= 0.3 is 6.03 Å². The number of hydrogen-bond donors (Lipinski definition) is 3. The molecule has 128 valence electrons. The topological polar surface area (TPSA) is 87.5 Å². The lowest BCUT2D eigenvalue weighted by Gasteiger charge is -2.17. The smallest absolute Gasteiger partial charge is 0.315 e. The van der Waals surface area contributed by atoms with E-state index in [1.54, 1.807) is 11.3 Å². The van der Waals surface area contributed by atoms with E-state index < -0.39 is 0 Å². The van der Waals surface area contributed by atoms with Crippen molar-refractivity contribution in [3.8, 4) is 0 Å². The van der Waals surface area contributed by atoms with Crippen LogP contribution in [0.15, 0.2) is 36.0 Å². The van der Waals surface area contributed by atoms with E-state index in [4.69, 9.17) is 0 Å². The number of thiazole rings is 1. The maximum atomic E-state index is 12.0. The minimum atomic E-state index is -0.265. The number of imidazole rings is 1. The van der Waals surface area contributed by atoms with Crippen LogP contribution in [0.3, 0.4) is 0 Å². The quantitative estimate of drug-likeness (QED) is 0.665. The minimum absolute atomic E-state index is 0.0488. The number of hydrogen-bond acceptors (Lipinski definition) is 4. The predicted molar refractivity (Wildman–Crippen MR) is 94.6 cm³/mol. The van der Waals surface area contributed by atoms with Crippen LogP contribution >= 0.6 is 11.3 Å². The number of benzene rings is 1. The van der Waals surface area contributed by atoms with Crippen LogP contribution in [0.4, 0.5) is 4.79 Å². The number of amides is 3. The summed E-state index contributed by atoms with van der Waals surface area (Å²) < 4.78 is 1.93. The van der Waals surface area contributed by atoms with Crippen LogP contribution in [-0.2, 0) is 19.5 Å². The molecule has 0 aliphatic carbocycles. The highest BCUT2D eigenvalue weighted by Crippen LogP contribution is 2.16. The molecular formula is C17H17N5O2S. The fourth-order valence-corrected chi connectivity index (χ4v) is 3.56. The van der Waals surface area contributed by atoms with Gasteiger partial charge in [-0.15, -0.1) is 11.3 Å². The van der Waals surface area contributed by atoms with Crippen LogP contribution in [0.5, 0.6) is 0 Å². The zero-order valence-electron chi connectivity index (χ0n) is 13.4. The van der Waals surface area contributed by atoms with Crippen molar-refractivity contribution in [2.45, 2.75) is 19.5 Å². The molecule has 1 aromatic carbocycles. The summed E-state index contributed by atoms with van der Waals surface area (Å²) in [5.41, 5.74) is 3.46. The van der Waals surface area contributed by atoms with Crippen LogP contribution in [0.1, 0.15) is 27.2 Å². The highest BCUT2D eigenvalue weighted by atomic mass is 32.1. The Morgan fingerprint density at radius 3 is 3.08 bits per heavy atom. The molecule has 3 N–H and O–H groups in total. The van der Waals surface area contributed by atoms with Crippen molar-refractivity contribution in [1.82, 2.24) is 25.3 Å². The summed E-state index contributed by atoms with van der Waals surface area (Å²) in [7, 11) is 0. The molecule has 2 aromatic heterocycles. The maximum Gasteiger partial charge on any atom is 0.315 e.